The molecule has 17 heavy (non-hydrogen) atoms. The molecule has 1 N–H and O–H groups in total. The van der Waals surface area contributed by atoms with Crippen LogP contribution in [-0.4, -0.2) is 17.4 Å². The normalized spacial score (nSPS) is 16.6. The number of nitrogens with zero attached hydrogens (tertiary/aromatic N) is 1. The van der Waals surface area contributed by atoms with Crippen LogP contribution in [0, 0.1) is 12.3 Å². The average molecular weight is 253 g/mol. The van der Waals surface area contributed by atoms with E-state index in [1.165, 1.54) is 12.8 Å². The highest BCUT2D eigenvalue weighted by atomic mass is 35.5. The van der Waals surface area contributed by atoms with Gasteiger partial charge < -0.3 is 5.32 Å². The highest BCUT2D eigenvalue weighted by molar-refractivity contribution is 6.29. The highest BCUT2D eigenvalue weighted by Gasteiger charge is 2.40. The molecule has 1 aromatic heterocycles. The number of carbonyl (C=O) groups is 1. The van der Waals surface area contributed by atoms with Gasteiger partial charge in [0.2, 0.25) is 0 Å². The summed E-state index contributed by atoms with van der Waals surface area (Å²) in [6.45, 7) is 4.77. The SMILES string of the molecule is CCC1(CNC(=O)c2cc(C)nc(Cl)c2)CC1. The summed E-state index contributed by atoms with van der Waals surface area (Å²) < 4.78 is 0. The Hall–Kier alpha value is -1.09. The fourth-order valence-corrected chi connectivity index (χ4v) is 2.21. The smallest absolute Gasteiger partial charge is 0.251 e. The highest BCUT2D eigenvalue weighted by Crippen LogP contribution is 2.47. The van der Waals surface area contributed by atoms with E-state index in [2.05, 4.69) is 17.2 Å². The first-order chi connectivity index (χ1) is 8.04. The number of pyridine rings is 1. The van der Waals surface area contributed by atoms with Gasteiger partial charge in [0.05, 0.1) is 0 Å². The molecule has 1 amide bonds. The van der Waals surface area contributed by atoms with E-state index < -0.39 is 0 Å². The topological polar surface area (TPSA) is 42.0 Å². The Kier molecular flexibility index (Phi) is 3.38. The van der Waals surface area contributed by atoms with Gasteiger partial charge in [-0.25, -0.2) is 4.98 Å². The van der Waals surface area contributed by atoms with Crippen LogP contribution in [0.25, 0.3) is 0 Å². The van der Waals surface area contributed by atoms with Crippen molar-refractivity contribution in [2.45, 2.75) is 33.1 Å². The van der Waals surface area contributed by atoms with Gasteiger partial charge in [0.15, 0.2) is 0 Å². The first kappa shape index (κ1) is 12.4. The van der Waals surface area contributed by atoms with Crippen LogP contribution in [-0.2, 0) is 0 Å². The van der Waals surface area contributed by atoms with Crippen LogP contribution in [0.4, 0.5) is 0 Å². The Bertz CT molecular complexity index is 421. The predicted octanol–water partition coefficient (Wildman–Crippen LogP) is 2.96. The summed E-state index contributed by atoms with van der Waals surface area (Å²) in [6, 6.07) is 3.36. The second-order valence-electron chi connectivity index (χ2n) is 4.86. The van der Waals surface area contributed by atoms with Gasteiger partial charge in [0.25, 0.3) is 5.91 Å². The Morgan fingerprint density at radius 1 is 1.53 bits per heavy atom. The molecule has 1 heterocycles. The van der Waals surface area contributed by atoms with Crippen LogP contribution in [0.15, 0.2) is 12.1 Å². The monoisotopic (exact) mass is 252 g/mol. The molecule has 4 heteroatoms. The zero-order chi connectivity index (χ0) is 12.5. The van der Waals surface area contributed by atoms with Gasteiger partial charge in [-0.05, 0) is 43.7 Å². The zero-order valence-electron chi connectivity index (χ0n) is 10.2. The van der Waals surface area contributed by atoms with Crippen molar-refractivity contribution in [1.29, 1.82) is 0 Å². The second-order valence-corrected chi connectivity index (χ2v) is 5.24. The minimum atomic E-state index is -0.0582. The summed E-state index contributed by atoms with van der Waals surface area (Å²) in [5, 5.41) is 3.35. The fraction of sp³-hybridized carbons (Fsp3) is 0.538. The van der Waals surface area contributed by atoms with E-state index in [1.54, 1.807) is 12.1 Å². The molecular weight excluding hydrogens is 236 g/mol. The van der Waals surface area contributed by atoms with Crippen molar-refractivity contribution < 1.29 is 4.79 Å². The number of halogens is 1. The zero-order valence-corrected chi connectivity index (χ0v) is 11.0. The van der Waals surface area contributed by atoms with Gasteiger partial charge in [-0.15, -0.1) is 0 Å². The van der Waals surface area contributed by atoms with E-state index in [9.17, 15) is 4.79 Å². The van der Waals surface area contributed by atoms with Crippen LogP contribution in [0.5, 0.6) is 0 Å². The molecule has 0 aliphatic heterocycles. The molecule has 0 atom stereocenters. The van der Waals surface area contributed by atoms with Gasteiger partial charge in [-0.2, -0.15) is 0 Å². The van der Waals surface area contributed by atoms with Crippen LogP contribution >= 0.6 is 11.6 Å². The van der Waals surface area contributed by atoms with Crippen LogP contribution in [0.3, 0.4) is 0 Å². The van der Waals surface area contributed by atoms with E-state index in [4.69, 9.17) is 11.6 Å². The summed E-state index contributed by atoms with van der Waals surface area (Å²) in [5.41, 5.74) is 1.72. The Labute approximate surface area is 107 Å². The Morgan fingerprint density at radius 3 is 2.76 bits per heavy atom. The molecule has 1 fully saturated rings. The van der Waals surface area contributed by atoms with E-state index in [0.29, 0.717) is 16.1 Å². The van der Waals surface area contributed by atoms with Crippen LogP contribution in [0.2, 0.25) is 5.15 Å². The molecule has 92 valence electrons. The predicted molar refractivity (Wildman–Crippen MR) is 68.3 cm³/mol. The number of nitrogens with one attached hydrogen (secondary N) is 1. The molecule has 2 rings (SSSR count). The molecule has 0 unspecified atom stereocenters. The number of aryl methyl sites for hydroxylation is 1. The third kappa shape index (κ3) is 2.97. The summed E-state index contributed by atoms with van der Waals surface area (Å²) in [6.07, 6.45) is 3.57. The van der Waals surface area contributed by atoms with E-state index >= 15 is 0 Å². The van der Waals surface area contributed by atoms with E-state index in [-0.39, 0.29) is 5.91 Å². The third-order valence-electron chi connectivity index (χ3n) is 3.52. The minimum Gasteiger partial charge on any atom is -0.351 e. The number of aromatic nitrogens is 1. The maximum absolute atomic E-state index is 11.9. The fourth-order valence-electron chi connectivity index (χ4n) is 1.96. The molecular formula is C13H17ClN2O. The molecule has 1 aliphatic carbocycles. The molecule has 1 saturated carbocycles. The molecule has 0 radical (unpaired) electrons. The van der Waals surface area contributed by atoms with Gasteiger partial charge in [-0.3, -0.25) is 4.79 Å². The van der Waals surface area contributed by atoms with Gasteiger partial charge >= 0.3 is 0 Å². The van der Waals surface area contributed by atoms with Crippen molar-refractivity contribution >= 4 is 17.5 Å². The lowest BCUT2D eigenvalue weighted by Gasteiger charge is -2.13. The number of hydrogen-bond acceptors (Lipinski definition) is 2. The molecule has 3 nitrogen and oxygen atoms in total. The molecule has 1 aliphatic rings. The summed E-state index contributed by atoms with van der Waals surface area (Å²) in [4.78, 5) is 16.0. The van der Waals surface area contributed by atoms with E-state index in [0.717, 1.165) is 18.7 Å². The molecule has 0 bridgehead atoms. The van der Waals surface area contributed by atoms with Crippen molar-refractivity contribution in [3.63, 3.8) is 0 Å². The first-order valence-corrected chi connectivity index (χ1v) is 6.35. The number of rotatable bonds is 4. The number of hydrogen-bond donors (Lipinski definition) is 1. The maximum Gasteiger partial charge on any atom is 0.251 e. The molecule has 1 aromatic rings. The van der Waals surface area contributed by atoms with Crippen molar-refractivity contribution in [3.8, 4) is 0 Å². The molecule has 0 spiro atoms. The largest absolute Gasteiger partial charge is 0.351 e. The minimum absolute atomic E-state index is 0.0582. The lowest BCUT2D eigenvalue weighted by Crippen LogP contribution is -2.30. The molecule has 0 aromatic carbocycles. The molecule has 0 saturated heterocycles. The lowest BCUT2D eigenvalue weighted by atomic mass is 10.0. The van der Waals surface area contributed by atoms with Gasteiger partial charge in [0.1, 0.15) is 5.15 Å². The van der Waals surface area contributed by atoms with Crippen molar-refractivity contribution in [3.05, 3.63) is 28.5 Å². The Balaban J connectivity index is 1.99. The quantitative estimate of drug-likeness (QED) is 0.837. The summed E-state index contributed by atoms with van der Waals surface area (Å²) in [5.74, 6) is -0.0582. The van der Waals surface area contributed by atoms with Crippen molar-refractivity contribution in [1.82, 2.24) is 10.3 Å². The second kappa shape index (κ2) is 4.65. The first-order valence-electron chi connectivity index (χ1n) is 5.97. The third-order valence-corrected chi connectivity index (χ3v) is 3.71. The van der Waals surface area contributed by atoms with Crippen LogP contribution in [0.1, 0.15) is 42.2 Å². The lowest BCUT2D eigenvalue weighted by molar-refractivity contribution is 0.0944. The van der Waals surface area contributed by atoms with E-state index in [1.807, 2.05) is 6.92 Å². The van der Waals surface area contributed by atoms with Gasteiger partial charge in [-0.1, -0.05) is 18.5 Å². The number of carbonyl (C=O) groups excluding carboxylic acids is 1. The maximum atomic E-state index is 11.9. The summed E-state index contributed by atoms with van der Waals surface area (Å²) in [7, 11) is 0. The van der Waals surface area contributed by atoms with Crippen molar-refractivity contribution in [2.24, 2.45) is 5.41 Å². The van der Waals surface area contributed by atoms with Gasteiger partial charge in [0, 0.05) is 17.8 Å². The Morgan fingerprint density at radius 2 is 2.24 bits per heavy atom. The van der Waals surface area contributed by atoms with Crippen LogP contribution < -0.4 is 5.32 Å². The summed E-state index contributed by atoms with van der Waals surface area (Å²) >= 11 is 5.83. The van der Waals surface area contributed by atoms with Crippen molar-refractivity contribution in [2.75, 3.05) is 6.54 Å². The standard InChI is InChI=1S/C13H17ClN2O/c1-3-13(4-5-13)8-15-12(17)10-6-9(2)16-11(14)7-10/h6-7H,3-5,8H2,1-2H3,(H,15,17). The number of amides is 1. The average Bonchev–Trinajstić information content (AvgIpc) is 3.05.